The third kappa shape index (κ3) is 3.70. The molecule has 1 aromatic carbocycles. The quantitative estimate of drug-likeness (QED) is 0.865. The van der Waals surface area contributed by atoms with Crippen LogP contribution in [0.1, 0.15) is 46.2 Å². The van der Waals surface area contributed by atoms with Gasteiger partial charge >= 0.3 is 0 Å². The van der Waals surface area contributed by atoms with E-state index in [0.717, 1.165) is 12.1 Å². The number of nitrogens with two attached hydrogens (primary N) is 1. The number of hydrogen-bond acceptors (Lipinski definition) is 2. The Balaban J connectivity index is 3.05. The molecule has 1 aromatic rings. The van der Waals surface area contributed by atoms with Crippen molar-refractivity contribution in [2.24, 2.45) is 11.7 Å². The molecule has 3 heteroatoms. The van der Waals surface area contributed by atoms with Crippen molar-refractivity contribution in [3.05, 3.63) is 29.6 Å². The summed E-state index contributed by atoms with van der Waals surface area (Å²) in [5.74, 6) is 0.319. The van der Waals surface area contributed by atoms with E-state index in [1.54, 1.807) is 6.07 Å². The first-order valence-electron chi connectivity index (χ1n) is 6.64. The molecule has 1 atom stereocenters. The lowest BCUT2D eigenvalue weighted by atomic mass is 10.1. The van der Waals surface area contributed by atoms with Gasteiger partial charge in [0.15, 0.2) is 0 Å². The fraction of sp³-hybridized carbons (Fsp3) is 0.600. The van der Waals surface area contributed by atoms with Gasteiger partial charge in [-0.1, -0.05) is 19.9 Å². The van der Waals surface area contributed by atoms with Gasteiger partial charge in [0.05, 0.1) is 5.69 Å². The summed E-state index contributed by atoms with van der Waals surface area (Å²) in [7, 11) is 0. The van der Waals surface area contributed by atoms with Gasteiger partial charge in [-0.3, -0.25) is 0 Å². The second-order valence-corrected chi connectivity index (χ2v) is 5.64. The molecule has 0 aliphatic heterocycles. The minimum atomic E-state index is -0.181. The summed E-state index contributed by atoms with van der Waals surface area (Å²) in [6, 6.07) is 5.46. The first-order chi connectivity index (χ1) is 8.32. The van der Waals surface area contributed by atoms with Gasteiger partial charge in [-0.05, 0) is 44.4 Å². The molecule has 2 N–H and O–H groups in total. The van der Waals surface area contributed by atoms with Crippen molar-refractivity contribution in [2.75, 3.05) is 11.4 Å². The molecule has 0 aliphatic carbocycles. The summed E-state index contributed by atoms with van der Waals surface area (Å²) in [6.07, 6.45) is 0. The Morgan fingerprint density at radius 1 is 1.17 bits per heavy atom. The van der Waals surface area contributed by atoms with Crippen LogP contribution in [0.4, 0.5) is 10.1 Å². The van der Waals surface area contributed by atoms with E-state index in [9.17, 15) is 4.39 Å². The van der Waals surface area contributed by atoms with Crippen LogP contribution in [0.3, 0.4) is 0 Å². The van der Waals surface area contributed by atoms with Crippen molar-refractivity contribution in [3.8, 4) is 0 Å². The van der Waals surface area contributed by atoms with Gasteiger partial charge in [0.1, 0.15) is 5.82 Å². The lowest BCUT2D eigenvalue weighted by molar-refractivity contribution is 0.548. The lowest BCUT2D eigenvalue weighted by Crippen LogP contribution is -2.34. The van der Waals surface area contributed by atoms with Crippen LogP contribution in [-0.4, -0.2) is 12.6 Å². The Morgan fingerprint density at radius 3 is 2.17 bits per heavy atom. The van der Waals surface area contributed by atoms with E-state index in [1.165, 1.54) is 0 Å². The zero-order valence-electron chi connectivity index (χ0n) is 12.1. The van der Waals surface area contributed by atoms with Crippen molar-refractivity contribution < 1.29 is 4.39 Å². The first kappa shape index (κ1) is 15.0. The van der Waals surface area contributed by atoms with E-state index in [4.69, 9.17) is 5.73 Å². The summed E-state index contributed by atoms with van der Waals surface area (Å²) in [5, 5.41) is 0. The summed E-state index contributed by atoms with van der Waals surface area (Å²) in [6.45, 7) is 11.2. The van der Waals surface area contributed by atoms with Crippen molar-refractivity contribution >= 4 is 5.69 Å². The first-order valence-corrected chi connectivity index (χ1v) is 6.64. The summed E-state index contributed by atoms with van der Waals surface area (Å²) in [4.78, 5) is 2.10. The Hall–Kier alpha value is -1.09. The number of nitrogens with zero attached hydrogens (tertiary/aromatic N) is 1. The standard InChI is InChI=1S/C15H25FN2/c1-10(2)9-18(11(3)4)15-7-6-13(12(5)17)8-14(15)16/h6-8,10-12H,9,17H2,1-5H3/t12-/m0/s1. The van der Waals surface area contributed by atoms with E-state index in [1.807, 2.05) is 19.1 Å². The topological polar surface area (TPSA) is 29.3 Å². The van der Waals surface area contributed by atoms with Crippen LogP contribution in [0.2, 0.25) is 0 Å². The monoisotopic (exact) mass is 252 g/mol. The zero-order valence-corrected chi connectivity index (χ0v) is 12.1. The SMILES string of the molecule is CC(C)CN(c1ccc([C@H](C)N)cc1F)C(C)C. The molecule has 0 fully saturated rings. The smallest absolute Gasteiger partial charge is 0.146 e. The van der Waals surface area contributed by atoms with Crippen LogP contribution in [0.15, 0.2) is 18.2 Å². The molecular formula is C15H25FN2. The third-order valence-corrected chi connectivity index (χ3v) is 2.99. The van der Waals surface area contributed by atoms with Crippen molar-refractivity contribution in [2.45, 2.75) is 46.7 Å². The highest BCUT2D eigenvalue weighted by atomic mass is 19.1. The molecule has 0 saturated carbocycles. The average Bonchev–Trinajstić information content (AvgIpc) is 2.25. The Labute approximate surface area is 110 Å². The van der Waals surface area contributed by atoms with Crippen LogP contribution >= 0.6 is 0 Å². The number of anilines is 1. The number of hydrogen-bond donors (Lipinski definition) is 1. The molecule has 1 rings (SSSR count). The minimum absolute atomic E-state index is 0.133. The maximum Gasteiger partial charge on any atom is 0.146 e. The van der Waals surface area contributed by atoms with Crippen LogP contribution in [-0.2, 0) is 0 Å². The van der Waals surface area contributed by atoms with Gasteiger partial charge in [-0.25, -0.2) is 4.39 Å². The van der Waals surface area contributed by atoms with Gasteiger partial charge in [-0.15, -0.1) is 0 Å². The number of halogens is 1. The van der Waals surface area contributed by atoms with E-state index >= 15 is 0 Å². The fourth-order valence-electron chi connectivity index (χ4n) is 2.02. The predicted molar refractivity (Wildman–Crippen MR) is 76.3 cm³/mol. The van der Waals surface area contributed by atoms with Crippen molar-refractivity contribution in [1.29, 1.82) is 0 Å². The molecule has 0 aliphatic rings. The molecule has 0 unspecified atom stereocenters. The summed E-state index contributed by atoms with van der Waals surface area (Å²) in [5.41, 5.74) is 7.28. The Morgan fingerprint density at radius 2 is 1.78 bits per heavy atom. The Kier molecular flexibility index (Phi) is 5.15. The number of rotatable bonds is 5. The highest BCUT2D eigenvalue weighted by Gasteiger charge is 2.16. The normalized spacial score (nSPS) is 13.2. The molecule has 0 amide bonds. The Bertz CT molecular complexity index is 386. The van der Waals surface area contributed by atoms with E-state index in [0.29, 0.717) is 11.6 Å². The van der Waals surface area contributed by atoms with E-state index in [2.05, 4.69) is 32.6 Å². The van der Waals surface area contributed by atoms with E-state index in [-0.39, 0.29) is 17.9 Å². The van der Waals surface area contributed by atoms with Gasteiger partial charge < -0.3 is 10.6 Å². The summed E-state index contributed by atoms with van der Waals surface area (Å²) < 4.78 is 14.2. The number of benzene rings is 1. The molecular weight excluding hydrogens is 227 g/mol. The van der Waals surface area contributed by atoms with Crippen LogP contribution in [0, 0.1) is 11.7 Å². The molecule has 18 heavy (non-hydrogen) atoms. The second kappa shape index (κ2) is 6.19. The van der Waals surface area contributed by atoms with Gasteiger partial charge in [0.25, 0.3) is 0 Å². The highest BCUT2D eigenvalue weighted by Crippen LogP contribution is 2.25. The van der Waals surface area contributed by atoms with Gasteiger partial charge in [0.2, 0.25) is 0 Å². The van der Waals surface area contributed by atoms with Crippen LogP contribution in [0.25, 0.3) is 0 Å². The minimum Gasteiger partial charge on any atom is -0.366 e. The second-order valence-electron chi connectivity index (χ2n) is 5.64. The largest absolute Gasteiger partial charge is 0.366 e. The van der Waals surface area contributed by atoms with Crippen molar-refractivity contribution in [1.82, 2.24) is 0 Å². The summed E-state index contributed by atoms with van der Waals surface area (Å²) >= 11 is 0. The van der Waals surface area contributed by atoms with Gasteiger partial charge in [-0.2, -0.15) is 0 Å². The predicted octanol–water partition coefficient (Wildman–Crippen LogP) is 3.72. The lowest BCUT2D eigenvalue weighted by Gasteiger charge is -2.31. The third-order valence-electron chi connectivity index (χ3n) is 2.99. The van der Waals surface area contributed by atoms with Crippen LogP contribution in [0.5, 0.6) is 0 Å². The molecule has 0 spiro atoms. The average molecular weight is 252 g/mol. The maximum atomic E-state index is 14.2. The van der Waals surface area contributed by atoms with Crippen LogP contribution < -0.4 is 10.6 Å². The molecule has 2 nitrogen and oxygen atoms in total. The maximum absolute atomic E-state index is 14.2. The molecule has 0 aromatic heterocycles. The molecule has 102 valence electrons. The highest BCUT2D eigenvalue weighted by molar-refractivity contribution is 5.50. The molecule has 0 radical (unpaired) electrons. The van der Waals surface area contributed by atoms with Crippen molar-refractivity contribution in [3.63, 3.8) is 0 Å². The fourth-order valence-corrected chi connectivity index (χ4v) is 2.02. The molecule has 0 saturated heterocycles. The van der Waals surface area contributed by atoms with Gasteiger partial charge in [0, 0.05) is 18.6 Å². The molecule has 0 bridgehead atoms. The zero-order chi connectivity index (χ0) is 13.9. The van der Waals surface area contributed by atoms with E-state index < -0.39 is 0 Å². The molecule has 0 heterocycles.